The molecule has 1 aromatic heterocycles. The van der Waals surface area contributed by atoms with E-state index in [1.807, 2.05) is 30.3 Å². The van der Waals surface area contributed by atoms with Gasteiger partial charge >= 0.3 is 11.9 Å². The lowest BCUT2D eigenvalue weighted by atomic mass is 9.95. The van der Waals surface area contributed by atoms with Gasteiger partial charge in [0.15, 0.2) is 0 Å². The average molecular weight is 511 g/mol. The summed E-state index contributed by atoms with van der Waals surface area (Å²) in [6.07, 6.45) is 6.22. The molecule has 1 aliphatic rings. The van der Waals surface area contributed by atoms with Crippen LogP contribution in [0.25, 0.3) is 0 Å². The number of pyridine rings is 1. The van der Waals surface area contributed by atoms with E-state index in [-0.39, 0.29) is 38.7 Å². The van der Waals surface area contributed by atoms with Crippen molar-refractivity contribution in [2.24, 2.45) is 11.8 Å². The topological polar surface area (TPSA) is 115 Å². The number of carbonyl (C=O) groups excluding carboxylic acids is 3. The number of aryl methyl sites for hydroxylation is 3. The highest BCUT2D eigenvalue weighted by atomic mass is 16.5. The van der Waals surface area contributed by atoms with Crippen LogP contribution in [0.1, 0.15) is 61.5 Å². The number of nitrogens with zero attached hydrogens (tertiary/aromatic N) is 1. The fraction of sp³-hybridized carbons (Fsp3) is 0.517. The minimum Gasteiger partial charge on any atom is -0.466 e. The summed E-state index contributed by atoms with van der Waals surface area (Å²) in [7, 11) is 0. The van der Waals surface area contributed by atoms with Crippen LogP contribution in [0.5, 0.6) is 0 Å². The van der Waals surface area contributed by atoms with Gasteiger partial charge in [-0.1, -0.05) is 36.4 Å². The maximum atomic E-state index is 12.7. The molecule has 0 aliphatic heterocycles. The van der Waals surface area contributed by atoms with E-state index < -0.39 is 23.8 Å². The van der Waals surface area contributed by atoms with Crippen LogP contribution in [0.4, 0.5) is 0 Å². The monoisotopic (exact) mass is 510 g/mol. The van der Waals surface area contributed by atoms with Gasteiger partial charge in [0.05, 0.1) is 31.5 Å². The Morgan fingerprint density at radius 2 is 1.81 bits per heavy atom. The van der Waals surface area contributed by atoms with Crippen molar-refractivity contribution < 1.29 is 29.0 Å². The van der Waals surface area contributed by atoms with Crippen LogP contribution in [0.2, 0.25) is 0 Å². The van der Waals surface area contributed by atoms with Crippen LogP contribution < -0.4 is 5.32 Å². The fourth-order valence-corrected chi connectivity index (χ4v) is 4.47. The highest BCUT2D eigenvalue weighted by Crippen LogP contribution is 2.20. The zero-order valence-electron chi connectivity index (χ0n) is 21.6. The molecule has 37 heavy (non-hydrogen) atoms. The van der Waals surface area contributed by atoms with Crippen LogP contribution >= 0.6 is 0 Å². The molecule has 2 atom stereocenters. The van der Waals surface area contributed by atoms with E-state index in [9.17, 15) is 19.5 Å². The highest BCUT2D eigenvalue weighted by molar-refractivity contribution is 5.82. The summed E-state index contributed by atoms with van der Waals surface area (Å²) in [5, 5.41) is 12.5. The molecule has 1 aromatic carbocycles. The van der Waals surface area contributed by atoms with Crippen LogP contribution in [0.3, 0.4) is 0 Å². The summed E-state index contributed by atoms with van der Waals surface area (Å²) >= 11 is 0. The first-order chi connectivity index (χ1) is 18.0. The summed E-state index contributed by atoms with van der Waals surface area (Å²) < 4.78 is 10.4. The van der Waals surface area contributed by atoms with Gasteiger partial charge in [-0.25, -0.2) is 0 Å². The largest absolute Gasteiger partial charge is 0.466 e. The number of carbonyl (C=O) groups is 3. The molecule has 200 valence electrons. The second-order valence-corrected chi connectivity index (χ2v) is 9.43. The van der Waals surface area contributed by atoms with Crippen LogP contribution in [-0.2, 0) is 49.7 Å². The van der Waals surface area contributed by atoms with Gasteiger partial charge in [-0.15, -0.1) is 0 Å². The van der Waals surface area contributed by atoms with Gasteiger partial charge in [0.1, 0.15) is 6.61 Å². The molecule has 2 aromatic rings. The van der Waals surface area contributed by atoms with Crippen LogP contribution in [-0.4, -0.2) is 47.7 Å². The molecular formula is C29H38N2O6. The van der Waals surface area contributed by atoms with Crippen molar-refractivity contribution in [2.75, 3.05) is 19.8 Å². The SMILES string of the molecule is CCOC(=O)[C@H](CNC(=O)C(CO)CCCc1ccc2c(n1)CCCC2)CC(=O)OCc1ccccc1. The Bertz CT molecular complexity index is 1030. The molecule has 3 rings (SSSR count). The van der Waals surface area contributed by atoms with E-state index >= 15 is 0 Å². The molecule has 0 spiro atoms. The van der Waals surface area contributed by atoms with Gasteiger partial charge in [0, 0.05) is 17.9 Å². The van der Waals surface area contributed by atoms with Crippen molar-refractivity contribution in [3.8, 4) is 0 Å². The number of benzene rings is 1. The van der Waals surface area contributed by atoms with Crippen LogP contribution in [0, 0.1) is 11.8 Å². The van der Waals surface area contributed by atoms with Crippen molar-refractivity contribution in [1.82, 2.24) is 10.3 Å². The van der Waals surface area contributed by atoms with E-state index in [4.69, 9.17) is 14.5 Å². The number of aliphatic hydroxyl groups is 1. The molecule has 2 N–H and O–H groups in total. The van der Waals surface area contributed by atoms with Crippen molar-refractivity contribution in [3.05, 3.63) is 65.0 Å². The van der Waals surface area contributed by atoms with Gasteiger partial charge in [-0.3, -0.25) is 19.4 Å². The predicted molar refractivity (Wildman–Crippen MR) is 138 cm³/mol. The molecule has 8 heteroatoms. The Morgan fingerprint density at radius 3 is 2.57 bits per heavy atom. The van der Waals surface area contributed by atoms with Crippen molar-refractivity contribution in [1.29, 1.82) is 0 Å². The van der Waals surface area contributed by atoms with Gasteiger partial charge in [0.25, 0.3) is 0 Å². The van der Waals surface area contributed by atoms with E-state index in [1.165, 1.54) is 24.1 Å². The van der Waals surface area contributed by atoms with E-state index in [0.717, 1.165) is 30.5 Å². The molecule has 0 bridgehead atoms. The lowest BCUT2D eigenvalue weighted by Crippen LogP contribution is -2.39. The molecule has 1 heterocycles. The number of hydrogen-bond acceptors (Lipinski definition) is 7. The standard InChI is InChI=1S/C29H38N2O6/c1-2-36-29(35)24(17-27(33)37-20-21-9-4-3-5-10-21)18-30-28(34)23(19-32)12-8-13-25-16-15-22-11-6-7-14-26(22)31-25/h3-5,9-10,15-16,23-24,32H,2,6-8,11-14,17-20H2,1H3,(H,30,34)/t23?,24-/m0/s1. The number of esters is 2. The number of fused-ring (bicyclic) bond motifs is 1. The van der Waals surface area contributed by atoms with Gasteiger partial charge in [-0.2, -0.15) is 0 Å². The van der Waals surface area contributed by atoms with Gasteiger partial charge < -0.3 is 19.9 Å². The third kappa shape index (κ3) is 9.28. The Morgan fingerprint density at radius 1 is 1.03 bits per heavy atom. The molecule has 0 radical (unpaired) electrons. The first-order valence-corrected chi connectivity index (χ1v) is 13.2. The van der Waals surface area contributed by atoms with Gasteiger partial charge in [-0.05, 0) is 69.1 Å². The first-order valence-electron chi connectivity index (χ1n) is 13.2. The second kappa shape index (κ2) is 15.1. The van der Waals surface area contributed by atoms with E-state index in [0.29, 0.717) is 12.8 Å². The summed E-state index contributed by atoms with van der Waals surface area (Å²) in [4.78, 5) is 42.3. The summed E-state index contributed by atoms with van der Waals surface area (Å²) in [5.74, 6) is -2.95. The molecule has 8 nitrogen and oxygen atoms in total. The molecule has 0 saturated carbocycles. The van der Waals surface area contributed by atoms with Crippen molar-refractivity contribution in [2.45, 2.75) is 64.9 Å². The number of ether oxygens (including phenoxy) is 2. The minimum atomic E-state index is -0.869. The first kappa shape index (κ1) is 28.3. The summed E-state index contributed by atoms with van der Waals surface area (Å²) in [5.41, 5.74) is 4.37. The Hall–Kier alpha value is -3.26. The zero-order valence-corrected chi connectivity index (χ0v) is 21.6. The Balaban J connectivity index is 1.46. The number of nitrogens with one attached hydrogen (secondary N) is 1. The Labute approximate surface area is 218 Å². The maximum absolute atomic E-state index is 12.7. The minimum absolute atomic E-state index is 0.0685. The molecule has 0 fully saturated rings. The highest BCUT2D eigenvalue weighted by Gasteiger charge is 2.26. The summed E-state index contributed by atoms with van der Waals surface area (Å²) in [6.45, 7) is 1.58. The number of aromatic nitrogens is 1. The number of rotatable bonds is 14. The smallest absolute Gasteiger partial charge is 0.311 e. The lowest BCUT2D eigenvalue weighted by molar-refractivity contribution is -0.155. The molecule has 1 unspecified atom stereocenters. The quantitative estimate of drug-likeness (QED) is 0.375. The molecular weight excluding hydrogens is 472 g/mol. The predicted octanol–water partition coefficient (Wildman–Crippen LogP) is 3.32. The number of amides is 1. The third-order valence-corrected chi connectivity index (χ3v) is 6.61. The van der Waals surface area contributed by atoms with E-state index in [2.05, 4.69) is 17.4 Å². The fourth-order valence-electron chi connectivity index (χ4n) is 4.47. The Kier molecular flexibility index (Phi) is 11.6. The van der Waals surface area contributed by atoms with E-state index in [1.54, 1.807) is 6.92 Å². The normalized spacial score (nSPS) is 14.2. The number of aliphatic hydroxyl groups excluding tert-OH is 1. The summed E-state index contributed by atoms with van der Waals surface area (Å²) in [6, 6.07) is 13.5. The second-order valence-electron chi connectivity index (χ2n) is 9.43. The van der Waals surface area contributed by atoms with Crippen molar-refractivity contribution in [3.63, 3.8) is 0 Å². The zero-order chi connectivity index (χ0) is 26.5. The molecule has 1 aliphatic carbocycles. The van der Waals surface area contributed by atoms with Crippen LogP contribution in [0.15, 0.2) is 42.5 Å². The molecule has 1 amide bonds. The number of hydrogen-bond donors (Lipinski definition) is 2. The van der Waals surface area contributed by atoms with Crippen molar-refractivity contribution >= 4 is 17.8 Å². The average Bonchev–Trinajstić information content (AvgIpc) is 2.92. The van der Waals surface area contributed by atoms with Gasteiger partial charge in [0.2, 0.25) is 5.91 Å². The molecule has 0 saturated heterocycles. The maximum Gasteiger partial charge on any atom is 0.311 e. The third-order valence-electron chi connectivity index (χ3n) is 6.61. The lowest BCUT2D eigenvalue weighted by Gasteiger charge is -2.19.